The van der Waals surface area contributed by atoms with Gasteiger partial charge in [-0.05, 0) is 56.4 Å². The Labute approximate surface area is 245 Å². The molecule has 1 aromatic heterocycles. The Morgan fingerprint density at radius 1 is 1.12 bits per heavy atom. The predicted molar refractivity (Wildman–Crippen MR) is 157 cm³/mol. The minimum atomic E-state index is -0.909. The molecule has 2 aliphatic rings. The number of hydrogen-bond acceptors (Lipinski definition) is 8. The summed E-state index contributed by atoms with van der Waals surface area (Å²) in [6.07, 6.45) is 3.57. The summed E-state index contributed by atoms with van der Waals surface area (Å²) in [6, 6.07) is 12.6. The second-order valence-electron chi connectivity index (χ2n) is 10.4. The van der Waals surface area contributed by atoms with Crippen LogP contribution in [-0.2, 0) is 6.42 Å². The van der Waals surface area contributed by atoms with Crippen LogP contribution in [0, 0.1) is 22.5 Å². The number of amides is 1. The van der Waals surface area contributed by atoms with Crippen LogP contribution in [0.2, 0.25) is 0 Å². The van der Waals surface area contributed by atoms with Crippen LogP contribution in [0.4, 0.5) is 8.78 Å². The molecule has 12 heteroatoms. The summed E-state index contributed by atoms with van der Waals surface area (Å²) in [5.41, 5.74) is -1.98. The predicted octanol–water partition coefficient (Wildman–Crippen LogP) is 4.87. The van der Waals surface area contributed by atoms with E-state index in [9.17, 15) is 23.5 Å². The molecule has 0 atom stereocenters. The summed E-state index contributed by atoms with van der Waals surface area (Å²) < 4.78 is 34.9. The van der Waals surface area contributed by atoms with Crippen LogP contribution in [0.5, 0.6) is 11.5 Å². The highest BCUT2D eigenvalue weighted by Gasteiger charge is 2.51. The van der Waals surface area contributed by atoms with Gasteiger partial charge < -0.3 is 14.7 Å². The molecule has 1 aliphatic carbocycles. The quantitative estimate of drug-likeness (QED) is 0.276. The average molecular weight is 596 g/mol. The zero-order valence-corrected chi connectivity index (χ0v) is 24.0. The Morgan fingerprint density at radius 3 is 2.45 bits per heavy atom. The molecule has 3 aromatic rings. The minimum Gasteiger partial charge on any atom is -0.502 e. The van der Waals surface area contributed by atoms with Gasteiger partial charge >= 0.3 is 0 Å². The highest BCUT2D eigenvalue weighted by molar-refractivity contribution is 8.26. The molecule has 0 unspecified atom stereocenters. The topological polar surface area (TPSA) is 123 Å². The zero-order valence-electron chi connectivity index (χ0n) is 23.2. The number of carbonyl (C=O) groups excluding carboxylic acids is 1. The normalized spacial score (nSPS) is 20.0. The number of nitrogens with zero attached hydrogens (tertiary/aromatic N) is 3. The van der Waals surface area contributed by atoms with E-state index in [-0.39, 0.29) is 39.4 Å². The molecule has 1 spiro atoms. The lowest BCUT2D eigenvalue weighted by Gasteiger charge is -2.56. The third kappa shape index (κ3) is 5.26. The van der Waals surface area contributed by atoms with Gasteiger partial charge in [0.05, 0.1) is 16.7 Å². The van der Waals surface area contributed by atoms with Gasteiger partial charge in [-0.25, -0.2) is 8.78 Å². The molecular formula is C30H31F2N5O4S. The van der Waals surface area contributed by atoms with Crippen molar-refractivity contribution in [2.75, 3.05) is 18.6 Å². The van der Waals surface area contributed by atoms with Gasteiger partial charge in [0.15, 0.2) is 11.4 Å². The number of benzene rings is 2. The van der Waals surface area contributed by atoms with Crippen molar-refractivity contribution in [3.05, 3.63) is 93.4 Å². The lowest BCUT2D eigenvalue weighted by atomic mass is 9.84. The molecule has 1 amide bonds. The standard InChI is InChI=1S/C30H31F2N5O4S/c1-3-36-29(40)25-27(39)26(38)22(28(34)42-24(33)15-18-9-10-19(31)16-23(18)32)17-37(25)35(2)30(36)13-11-21(12-14-30)41-20-7-5-4-6-8-20/h4-10,16-17,21,33-34,39H,3,11-15H2,1-2H3. The maximum Gasteiger partial charge on any atom is 0.278 e. The van der Waals surface area contributed by atoms with Crippen LogP contribution in [0.3, 0.4) is 0 Å². The summed E-state index contributed by atoms with van der Waals surface area (Å²) in [4.78, 5) is 28.5. The molecular weight excluding hydrogens is 564 g/mol. The van der Waals surface area contributed by atoms with Crippen molar-refractivity contribution >= 4 is 27.8 Å². The minimum absolute atomic E-state index is 0.0406. The average Bonchev–Trinajstić information content (AvgIpc) is 2.96. The number of fused-ring (bicyclic) bond motifs is 1. The number of aromatic nitrogens is 1. The fourth-order valence-corrected chi connectivity index (χ4v) is 6.55. The van der Waals surface area contributed by atoms with Crippen LogP contribution in [-0.4, -0.2) is 56.0 Å². The lowest BCUT2D eigenvalue weighted by Crippen LogP contribution is -2.70. The van der Waals surface area contributed by atoms with Gasteiger partial charge in [-0.3, -0.25) is 30.1 Å². The molecule has 0 saturated heterocycles. The summed E-state index contributed by atoms with van der Waals surface area (Å²) in [7, 11) is 1.78. The van der Waals surface area contributed by atoms with Crippen LogP contribution in [0.25, 0.3) is 0 Å². The summed E-state index contributed by atoms with van der Waals surface area (Å²) >= 11 is 0.621. The first-order valence-electron chi connectivity index (χ1n) is 13.6. The SMILES string of the molecule is CCN1C(=O)c2c(O)c(=O)c(C(=N)SC(=N)Cc3ccc(F)cc3F)cn2N(C)C12CCC(Oc1ccccc1)CC2. The number of ether oxygens (including phenoxy) is 1. The Morgan fingerprint density at radius 2 is 1.81 bits per heavy atom. The van der Waals surface area contributed by atoms with Gasteiger partial charge in [-0.2, -0.15) is 0 Å². The Hall–Kier alpha value is -4.19. The van der Waals surface area contributed by atoms with E-state index in [1.165, 1.54) is 16.9 Å². The molecule has 9 nitrogen and oxygen atoms in total. The van der Waals surface area contributed by atoms with Gasteiger partial charge in [-0.15, -0.1) is 0 Å². The smallest absolute Gasteiger partial charge is 0.278 e. The highest BCUT2D eigenvalue weighted by Crippen LogP contribution is 2.41. The number of halogens is 2. The van der Waals surface area contributed by atoms with Crippen LogP contribution >= 0.6 is 11.8 Å². The van der Waals surface area contributed by atoms with Crippen LogP contribution in [0.15, 0.2) is 59.5 Å². The van der Waals surface area contributed by atoms with Crippen molar-refractivity contribution in [2.45, 2.75) is 50.8 Å². The van der Waals surface area contributed by atoms with E-state index in [0.29, 0.717) is 44.0 Å². The number of rotatable bonds is 6. The van der Waals surface area contributed by atoms with E-state index in [1.807, 2.05) is 42.3 Å². The van der Waals surface area contributed by atoms with E-state index in [2.05, 4.69) is 0 Å². The number of aromatic hydroxyl groups is 1. The van der Waals surface area contributed by atoms with Gasteiger partial charge in [0, 0.05) is 32.3 Å². The molecule has 5 rings (SSSR count). The van der Waals surface area contributed by atoms with Crippen molar-refractivity contribution < 1.29 is 23.4 Å². The van der Waals surface area contributed by atoms with E-state index < -0.39 is 34.4 Å². The summed E-state index contributed by atoms with van der Waals surface area (Å²) in [6.45, 7) is 2.20. The van der Waals surface area contributed by atoms with Gasteiger partial charge in [0.25, 0.3) is 5.91 Å². The number of hydrogen-bond donors (Lipinski definition) is 3. The zero-order chi connectivity index (χ0) is 30.2. The Balaban J connectivity index is 1.41. The first-order chi connectivity index (χ1) is 20.1. The molecule has 3 N–H and O–H groups in total. The third-order valence-electron chi connectivity index (χ3n) is 7.97. The molecule has 2 aromatic carbocycles. The summed E-state index contributed by atoms with van der Waals surface area (Å²) in [5.74, 6) is -2.04. The number of para-hydroxylation sites is 1. The molecule has 42 heavy (non-hydrogen) atoms. The largest absolute Gasteiger partial charge is 0.502 e. The van der Waals surface area contributed by atoms with Crippen molar-refractivity contribution in [3.63, 3.8) is 0 Å². The van der Waals surface area contributed by atoms with Crippen molar-refractivity contribution in [1.82, 2.24) is 9.58 Å². The first kappa shape index (κ1) is 29.3. The lowest BCUT2D eigenvalue weighted by molar-refractivity contribution is -0.00428. The maximum atomic E-state index is 14.1. The van der Waals surface area contributed by atoms with Gasteiger partial charge in [0.2, 0.25) is 5.43 Å². The van der Waals surface area contributed by atoms with Gasteiger partial charge in [-0.1, -0.05) is 36.0 Å². The molecule has 0 radical (unpaired) electrons. The number of pyridine rings is 1. The van der Waals surface area contributed by atoms with E-state index in [1.54, 1.807) is 11.9 Å². The molecule has 1 aliphatic heterocycles. The fraction of sp³-hybridized carbons (Fsp3) is 0.333. The molecule has 0 bridgehead atoms. The highest BCUT2D eigenvalue weighted by atomic mass is 32.2. The second-order valence-corrected chi connectivity index (χ2v) is 11.5. The van der Waals surface area contributed by atoms with E-state index in [0.717, 1.165) is 17.9 Å². The Kier molecular flexibility index (Phi) is 8.09. The van der Waals surface area contributed by atoms with Crippen molar-refractivity contribution in [3.8, 4) is 11.5 Å². The fourth-order valence-electron chi connectivity index (χ4n) is 5.83. The molecule has 1 saturated carbocycles. The van der Waals surface area contributed by atoms with E-state index in [4.69, 9.17) is 15.6 Å². The summed E-state index contributed by atoms with van der Waals surface area (Å²) in [5, 5.41) is 29.1. The van der Waals surface area contributed by atoms with Crippen molar-refractivity contribution in [2.24, 2.45) is 0 Å². The number of thioether (sulfide) groups is 1. The van der Waals surface area contributed by atoms with E-state index >= 15 is 0 Å². The van der Waals surface area contributed by atoms with Gasteiger partial charge in [0.1, 0.15) is 28.1 Å². The third-order valence-corrected chi connectivity index (χ3v) is 8.79. The number of nitrogens with one attached hydrogen (secondary N) is 2. The molecule has 1 fully saturated rings. The second kappa shape index (κ2) is 11.6. The maximum absolute atomic E-state index is 14.1. The molecule has 2 heterocycles. The van der Waals surface area contributed by atoms with Crippen LogP contribution in [0.1, 0.15) is 54.2 Å². The molecule has 220 valence electrons. The van der Waals surface area contributed by atoms with Crippen LogP contribution < -0.4 is 15.2 Å². The Bertz CT molecular complexity index is 1610. The monoisotopic (exact) mass is 595 g/mol. The number of carbonyl (C=O) groups is 1. The first-order valence-corrected chi connectivity index (χ1v) is 14.4. The van der Waals surface area contributed by atoms with Crippen molar-refractivity contribution in [1.29, 1.82) is 10.8 Å².